The number of oxime groups is 1. The molecule has 1 N–H and O–H groups in total. The molecule has 1 aromatic heterocycles. The molecule has 3 aromatic rings. The van der Waals surface area contributed by atoms with Crippen molar-refractivity contribution in [2.75, 3.05) is 19.5 Å². The smallest absolute Gasteiger partial charge is 0.433 e. The van der Waals surface area contributed by atoms with E-state index in [2.05, 4.69) is 20.4 Å². The Morgan fingerprint density at radius 1 is 1.03 bits per heavy atom. The summed E-state index contributed by atoms with van der Waals surface area (Å²) in [7, 11) is 2.45. The van der Waals surface area contributed by atoms with Crippen LogP contribution in [0.25, 0.3) is 0 Å². The molecule has 33 heavy (non-hydrogen) atoms. The lowest BCUT2D eigenvalue weighted by atomic mass is 10.0. The van der Waals surface area contributed by atoms with Gasteiger partial charge in [-0.05, 0) is 17.7 Å². The average Bonchev–Trinajstić information content (AvgIpc) is 2.81. The molecule has 8 nitrogen and oxygen atoms in total. The number of carbonyl (C=O) groups excluding carboxylic acids is 1. The Morgan fingerprint density at radius 2 is 1.73 bits per heavy atom. The van der Waals surface area contributed by atoms with Gasteiger partial charge in [0, 0.05) is 17.3 Å². The van der Waals surface area contributed by atoms with Crippen LogP contribution < -0.4 is 10.1 Å². The maximum atomic E-state index is 13.4. The normalized spacial score (nSPS) is 11.6. The molecular formula is C22H19F3N4O4. The van der Waals surface area contributed by atoms with Gasteiger partial charge in [0.2, 0.25) is 11.8 Å². The largest absolute Gasteiger partial charge is 0.473 e. The number of alkyl halides is 3. The van der Waals surface area contributed by atoms with Gasteiger partial charge in [-0.25, -0.2) is 9.78 Å². The van der Waals surface area contributed by atoms with Gasteiger partial charge in [0.15, 0.2) is 11.4 Å². The van der Waals surface area contributed by atoms with E-state index in [1.54, 1.807) is 54.6 Å². The summed E-state index contributed by atoms with van der Waals surface area (Å²) in [5, 5.41) is 6.42. The highest BCUT2D eigenvalue weighted by atomic mass is 19.4. The van der Waals surface area contributed by atoms with E-state index < -0.39 is 17.8 Å². The fraction of sp³-hybridized carbons (Fsp3) is 0.182. The number of nitrogens with zero attached hydrogens (tertiary/aromatic N) is 3. The third-order valence-electron chi connectivity index (χ3n) is 4.23. The van der Waals surface area contributed by atoms with Gasteiger partial charge >= 0.3 is 12.1 Å². The molecule has 0 aliphatic rings. The van der Waals surface area contributed by atoms with Crippen molar-refractivity contribution in [2.24, 2.45) is 5.16 Å². The summed E-state index contributed by atoms with van der Waals surface area (Å²) in [4.78, 5) is 24.4. The van der Waals surface area contributed by atoms with E-state index in [4.69, 9.17) is 14.3 Å². The summed E-state index contributed by atoms with van der Waals surface area (Å²) in [6.45, 7) is -0.213. The van der Waals surface area contributed by atoms with E-state index in [-0.39, 0.29) is 24.1 Å². The van der Waals surface area contributed by atoms with Crippen molar-refractivity contribution in [1.29, 1.82) is 0 Å². The van der Waals surface area contributed by atoms with Crippen LogP contribution in [0.2, 0.25) is 0 Å². The molecule has 0 aliphatic carbocycles. The van der Waals surface area contributed by atoms with Gasteiger partial charge in [-0.3, -0.25) is 0 Å². The van der Waals surface area contributed by atoms with Crippen LogP contribution in [0.15, 0.2) is 65.8 Å². The molecule has 0 amide bonds. The molecule has 0 aliphatic heterocycles. The van der Waals surface area contributed by atoms with Crippen molar-refractivity contribution in [1.82, 2.24) is 9.97 Å². The maximum absolute atomic E-state index is 13.4. The molecule has 0 radical (unpaired) electrons. The predicted octanol–water partition coefficient (Wildman–Crippen LogP) is 4.34. The number of ether oxygens (including phenoxy) is 2. The Morgan fingerprint density at radius 3 is 2.39 bits per heavy atom. The van der Waals surface area contributed by atoms with Crippen molar-refractivity contribution < 1.29 is 32.3 Å². The summed E-state index contributed by atoms with van der Waals surface area (Å²) in [6.07, 6.45) is -4.71. The zero-order valence-electron chi connectivity index (χ0n) is 17.6. The molecule has 172 valence electrons. The third kappa shape index (κ3) is 6.19. The number of carbonyl (C=O) groups is 1. The first kappa shape index (κ1) is 23.5. The summed E-state index contributed by atoms with van der Waals surface area (Å²) in [5.41, 5.74) is -0.00583. The highest BCUT2D eigenvalue weighted by Gasteiger charge is 2.34. The first-order chi connectivity index (χ1) is 15.8. The Labute approximate surface area is 187 Å². The van der Waals surface area contributed by atoms with Crippen LogP contribution in [0.4, 0.5) is 24.8 Å². The Hall–Kier alpha value is -4.15. The van der Waals surface area contributed by atoms with Crippen molar-refractivity contribution >= 4 is 23.3 Å². The molecule has 2 aromatic carbocycles. The number of para-hydroxylation sites is 1. The lowest BCUT2D eigenvalue weighted by Crippen LogP contribution is -2.20. The first-order valence-electron chi connectivity index (χ1n) is 9.50. The highest BCUT2D eigenvalue weighted by Crippen LogP contribution is 2.31. The number of rotatable bonds is 8. The number of hydrogen-bond donors (Lipinski definition) is 1. The standard InChI is InChI=1S/C22H19F3N4O4/c1-31-20(30)19(29-32-2)16-11-7-6-8-14(16)13-33-18-12-17(22(23,24)25)27-21(28-18)26-15-9-4-3-5-10-15/h3-12H,13H2,1-2H3,(H,26,27,28)/b29-19+. The number of nitrogens with one attached hydrogen (secondary N) is 1. The average molecular weight is 460 g/mol. The molecule has 0 fully saturated rings. The number of hydrogen-bond acceptors (Lipinski definition) is 8. The number of aromatic nitrogens is 2. The number of halogens is 3. The number of anilines is 2. The van der Waals surface area contributed by atoms with Gasteiger partial charge in [-0.2, -0.15) is 18.2 Å². The fourth-order valence-electron chi connectivity index (χ4n) is 2.76. The molecule has 0 bridgehead atoms. The van der Waals surface area contributed by atoms with Gasteiger partial charge in [0.25, 0.3) is 0 Å². The summed E-state index contributed by atoms with van der Waals surface area (Å²) >= 11 is 0. The molecule has 0 atom stereocenters. The van der Waals surface area contributed by atoms with E-state index in [0.29, 0.717) is 22.9 Å². The maximum Gasteiger partial charge on any atom is 0.433 e. The summed E-state index contributed by atoms with van der Waals surface area (Å²) in [5.74, 6) is -1.34. The second-order valence-electron chi connectivity index (χ2n) is 6.46. The quantitative estimate of drug-likeness (QED) is 0.304. The van der Waals surface area contributed by atoms with E-state index in [0.717, 1.165) is 0 Å². The van der Waals surface area contributed by atoms with E-state index in [1.807, 2.05) is 0 Å². The second-order valence-corrected chi connectivity index (χ2v) is 6.46. The fourth-order valence-corrected chi connectivity index (χ4v) is 2.76. The van der Waals surface area contributed by atoms with E-state index in [9.17, 15) is 18.0 Å². The van der Waals surface area contributed by atoms with Gasteiger partial charge < -0.3 is 19.6 Å². The third-order valence-corrected chi connectivity index (χ3v) is 4.23. The van der Waals surface area contributed by atoms with Crippen LogP contribution in [0.1, 0.15) is 16.8 Å². The second kappa shape index (κ2) is 10.4. The van der Waals surface area contributed by atoms with Gasteiger partial charge in [0.05, 0.1) is 7.11 Å². The molecule has 0 saturated carbocycles. The molecule has 11 heteroatoms. The van der Waals surface area contributed by atoms with Crippen molar-refractivity contribution in [2.45, 2.75) is 12.8 Å². The minimum atomic E-state index is -4.71. The number of esters is 1. The molecule has 0 saturated heterocycles. The molecule has 0 spiro atoms. The summed E-state index contributed by atoms with van der Waals surface area (Å²) < 4.78 is 50.4. The van der Waals surface area contributed by atoms with Crippen LogP contribution in [0.3, 0.4) is 0 Å². The zero-order valence-corrected chi connectivity index (χ0v) is 17.6. The SMILES string of the molecule is CO/N=C(/C(=O)OC)c1ccccc1COc1cc(C(F)(F)F)nc(Nc2ccccc2)n1. The highest BCUT2D eigenvalue weighted by molar-refractivity contribution is 6.43. The minimum Gasteiger partial charge on any atom is -0.473 e. The van der Waals surface area contributed by atoms with Crippen LogP contribution in [0, 0.1) is 0 Å². The Kier molecular flexibility index (Phi) is 7.44. The Balaban J connectivity index is 1.91. The van der Waals surface area contributed by atoms with E-state index >= 15 is 0 Å². The number of benzene rings is 2. The van der Waals surface area contributed by atoms with Gasteiger partial charge in [-0.15, -0.1) is 0 Å². The molecular weight excluding hydrogens is 441 g/mol. The number of methoxy groups -OCH3 is 1. The van der Waals surface area contributed by atoms with Gasteiger partial charge in [-0.1, -0.05) is 47.6 Å². The first-order valence-corrected chi connectivity index (χ1v) is 9.50. The predicted molar refractivity (Wildman–Crippen MR) is 113 cm³/mol. The lowest BCUT2D eigenvalue weighted by Gasteiger charge is -2.14. The van der Waals surface area contributed by atoms with Crippen molar-refractivity contribution in [3.63, 3.8) is 0 Å². The Bertz CT molecular complexity index is 1140. The molecule has 1 heterocycles. The van der Waals surface area contributed by atoms with Gasteiger partial charge in [0.1, 0.15) is 13.7 Å². The zero-order chi connectivity index (χ0) is 23.8. The topological polar surface area (TPSA) is 94.9 Å². The van der Waals surface area contributed by atoms with Crippen molar-refractivity contribution in [3.05, 3.63) is 77.5 Å². The molecule has 0 unspecified atom stereocenters. The monoisotopic (exact) mass is 460 g/mol. The lowest BCUT2D eigenvalue weighted by molar-refractivity contribution is -0.141. The summed E-state index contributed by atoms with van der Waals surface area (Å²) in [6, 6.07) is 15.7. The van der Waals surface area contributed by atoms with Crippen LogP contribution >= 0.6 is 0 Å². The molecule has 3 rings (SSSR count). The van der Waals surface area contributed by atoms with Crippen LogP contribution in [0.5, 0.6) is 5.88 Å². The van der Waals surface area contributed by atoms with Crippen LogP contribution in [-0.2, 0) is 27.2 Å². The minimum absolute atomic E-state index is 0.121. The van der Waals surface area contributed by atoms with Crippen LogP contribution in [-0.4, -0.2) is 35.9 Å². The van der Waals surface area contributed by atoms with Crippen molar-refractivity contribution in [3.8, 4) is 5.88 Å². The van der Waals surface area contributed by atoms with E-state index in [1.165, 1.54) is 14.2 Å².